The Morgan fingerprint density at radius 1 is 1.04 bits per heavy atom. The maximum absolute atomic E-state index is 11.3. The molecule has 5 heteroatoms. The summed E-state index contributed by atoms with van der Waals surface area (Å²) in [5.74, 6) is -0.905. The van der Waals surface area contributed by atoms with Gasteiger partial charge in [0, 0.05) is 0 Å². The highest BCUT2D eigenvalue weighted by molar-refractivity contribution is 6.74. The third-order valence-corrected chi connectivity index (χ3v) is 10.8. The minimum Gasteiger partial charge on any atom is -0.478 e. The van der Waals surface area contributed by atoms with Crippen LogP contribution in [0.5, 0.6) is 0 Å². The molecule has 27 heavy (non-hydrogen) atoms. The van der Waals surface area contributed by atoms with Gasteiger partial charge in [-0.25, -0.2) is 4.79 Å². The number of carboxylic acids is 1. The lowest BCUT2D eigenvalue weighted by Gasteiger charge is -2.36. The van der Waals surface area contributed by atoms with Crippen LogP contribution in [0.15, 0.2) is 36.4 Å². The van der Waals surface area contributed by atoms with Crippen LogP contribution >= 0.6 is 0 Å². The molecule has 2 bridgehead atoms. The molecule has 2 aromatic carbocycles. The van der Waals surface area contributed by atoms with Gasteiger partial charge in [0.15, 0.2) is 8.32 Å². The average molecular weight is 383 g/mol. The van der Waals surface area contributed by atoms with Crippen LogP contribution in [-0.2, 0) is 15.8 Å². The summed E-state index contributed by atoms with van der Waals surface area (Å²) < 4.78 is 12.5. The van der Waals surface area contributed by atoms with Crippen molar-refractivity contribution in [2.24, 2.45) is 0 Å². The topological polar surface area (TPSA) is 55.8 Å². The zero-order valence-electron chi connectivity index (χ0n) is 16.5. The number of carboxylic acid groups (broad SMARTS) is 1. The van der Waals surface area contributed by atoms with Gasteiger partial charge in [0.1, 0.15) is 12.2 Å². The fraction of sp³-hybridized carbons (Fsp3) is 0.409. The summed E-state index contributed by atoms with van der Waals surface area (Å²) in [4.78, 5) is 11.3. The maximum Gasteiger partial charge on any atom is 0.335 e. The van der Waals surface area contributed by atoms with E-state index in [2.05, 4.69) is 52.1 Å². The molecule has 2 heterocycles. The predicted octanol–water partition coefficient (Wildman–Crippen LogP) is 5.43. The minimum atomic E-state index is -1.80. The van der Waals surface area contributed by atoms with Crippen LogP contribution in [0.2, 0.25) is 18.1 Å². The summed E-state index contributed by atoms with van der Waals surface area (Å²) in [7, 11) is -1.80. The van der Waals surface area contributed by atoms with E-state index in [9.17, 15) is 9.90 Å². The fourth-order valence-electron chi connectivity index (χ4n) is 3.60. The SMILES string of the molecule is CC(C)(C)[Si](C)(C)OCc1ccc2c(c1)[C@H]1O[C@@H]2c2ccc(C(=O)O)cc21. The van der Waals surface area contributed by atoms with E-state index in [4.69, 9.17) is 9.16 Å². The van der Waals surface area contributed by atoms with Crippen molar-refractivity contribution in [3.8, 4) is 0 Å². The first-order chi connectivity index (χ1) is 12.6. The van der Waals surface area contributed by atoms with E-state index in [-0.39, 0.29) is 17.2 Å². The normalized spacial score (nSPS) is 20.5. The van der Waals surface area contributed by atoms with Gasteiger partial charge in [0.05, 0.1) is 12.2 Å². The lowest BCUT2D eigenvalue weighted by atomic mass is 9.84. The van der Waals surface area contributed by atoms with E-state index in [0.29, 0.717) is 12.2 Å². The van der Waals surface area contributed by atoms with E-state index in [1.165, 1.54) is 5.56 Å². The fourth-order valence-corrected chi connectivity index (χ4v) is 4.56. The van der Waals surface area contributed by atoms with E-state index >= 15 is 0 Å². The van der Waals surface area contributed by atoms with Crippen LogP contribution in [0.1, 0.15) is 71.2 Å². The molecule has 4 nitrogen and oxygen atoms in total. The first-order valence-corrected chi connectivity index (χ1v) is 12.3. The van der Waals surface area contributed by atoms with Crippen molar-refractivity contribution < 1.29 is 19.1 Å². The second-order valence-corrected chi connectivity index (χ2v) is 13.9. The quantitative estimate of drug-likeness (QED) is 0.717. The molecule has 0 radical (unpaired) electrons. The number of ether oxygens (including phenoxy) is 1. The third kappa shape index (κ3) is 2.94. The van der Waals surface area contributed by atoms with E-state index < -0.39 is 14.3 Å². The van der Waals surface area contributed by atoms with Crippen molar-refractivity contribution in [2.75, 3.05) is 0 Å². The monoisotopic (exact) mass is 382 g/mol. The van der Waals surface area contributed by atoms with Gasteiger partial charge in [-0.3, -0.25) is 0 Å². The van der Waals surface area contributed by atoms with Crippen LogP contribution in [-0.4, -0.2) is 19.4 Å². The minimum absolute atomic E-state index is 0.0850. The molecule has 0 fully saturated rings. The second-order valence-electron chi connectivity index (χ2n) is 9.06. The van der Waals surface area contributed by atoms with Gasteiger partial charge < -0.3 is 14.3 Å². The molecular weight excluding hydrogens is 356 g/mol. The number of fused-ring (bicyclic) bond motifs is 8. The van der Waals surface area contributed by atoms with Crippen LogP contribution in [0.25, 0.3) is 0 Å². The van der Waals surface area contributed by atoms with Crippen LogP contribution in [0.3, 0.4) is 0 Å². The first kappa shape index (κ1) is 18.4. The smallest absolute Gasteiger partial charge is 0.335 e. The number of aromatic carboxylic acids is 1. The summed E-state index contributed by atoms with van der Waals surface area (Å²) in [5.41, 5.74) is 5.85. The standard InChI is InChI=1S/C22H26O4Si/c1-22(2,3)27(4,5)25-12-13-6-8-15-17(10-13)20-18-11-14(21(23)24)7-9-16(18)19(15)26-20/h6-11,19-20H,12H2,1-5H3,(H,23,24)/t19-,20+/m0/s1. The Labute approximate surface area is 161 Å². The first-order valence-electron chi connectivity index (χ1n) is 9.38. The summed E-state index contributed by atoms with van der Waals surface area (Å²) in [6, 6.07) is 11.7. The Balaban J connectivity index is 1.61. The molecule has 142 valence electrons. The molecule has 0 unspecified atom stereocenters. The number of carbonyl (C=O) groups is 1. The molecule has 0 aromatic heterocycles. The Morgan fingerprint density at radius 3 is 2.26 bits per heavy atom. The van der Waals surface area contributed by atoms with Crippen molar-refractivity contribution in [1.82, 2.24) is 0 Å². The van der Waals surface area contributed by atoms with Crippen LogP contribution in [0.4, 0.5) is 0 Å². The third-order valence-electron chi connectivity index (χ3n) is 6.29. The lowest BCUT2D eigenvalue weighted by molar-refractivity contribution is 0.0696. The Hall–Kier alpha value is -1.95. The maximum atomic E-state index is 11.3. The molecule has 4 rings (SSSR count). The summed E-state index contributed by atoms with van der Waals surface area (Å²) in [6.45, 7) is 11.8. The Morgan fingerprint density at radius 2 is 1.63 bits per heavy atom. The highest BCUT2D eigenvalue weighted by atomic mass is 28.4. The number of rotatable bonds is 4. The largest absolute Gasteiger partial charge is 0.478 e. The molecule has 0 saturated heterocycles. The number of benzene rings is 2. The average Bonchev–Trinajstić information content (AvgIpc) is 3.15. The highest BCUT2D eigenvalue weighted by Crippen LogP contribution is 2.54. The van der Waals surface area contributed by atoms with Gasteiger partial charge in [0.25, 0.3) is 0 Å². The summed E-state index contributed by atoms with van der Waals surface area (Å²) in [6.07, 6.45) is -0.259. The molecular formula is C22H26O4Si. The Bertz CT molecular complexity index is 926. The van der Waals surface area contributed by atoms with Crippen molar-refractivity contribution >= 4 is 14.3 Å². The van der Waals surface area contributed by atoms with Crippen molar-refractivity contribution in [3.05, 3.63) is 69.8 Å². The van der Waals surface area contributed by atoms with E-state index in [1.54, 1.807) is 12.1 Å². The molecule has 0 aliphatic carbocycles. The molecule has 0 spiro atoms. The predicted molar refractivity (Wildman–Crippen MR) is 107 cm³/mol. The molecule has 1 N–H and O–H groups in total. The second kappa shape index (κ2) is 6.02. The van der Waals surface area contributed by atoms with Gasteiger partial charge in [0.2, 0.25) is 0 Å². The Kier molecular flexibility index (Phi) is 4.11. The van der Waals surface area contributed by atoms with Gasteiger partial charge in [-0.1, -0.05) is 45.0 Å². The van der Waals surface area contributed by atoms with Gasteiger partial charge in [-0.05, 0) is 58.1 Å². The highest BCUT2D eigenvalue weighted by Gasteiger charge is 2.43. The van der Waals surface area contributed by atoms with Gasteiger partial charge in [-0.15, -0.1) is 0 Å². The van der Waals surface area contributed by atoms with Crippen molar-refractivity contribution in [3.63, 3.8) is 0 Å². The zero-order chi connectivity index (χ0) is 19.6. The van der Waals surface area contributed by atoms with Crippen LogP contribution < -0.4 is 0 Å². The molecule has 2 atom stereocenters. The molecule has 2 aliphatic rings. The molecule has 2 aliphatic heterocycles. The molecule has 0 saturated carbocycles. The lowest BCUT2D eigenvalue weighted by Crippen LogP contribution is -2.40. The van der Waals surface area contributed by atoms with Gasteiger partial charge >= 0.3 is 5.97 Å². The molecule has 0 amide bonds. The van der Waals surface area contributed by atoms with E-state index in [1.807, 2.05) is 6.07 Å². The molecule has 2 aromatic rings. The van der Waals surface area contributed by atoms with Gasteiger partial charge in [-0.2, -0.15) is 0 Å². The van der Waals surface area contributed by atoms with Crippen molar-refractivity contribution in [2.45, 2.75) is 57.7 Å². The summed E-state index contributed by atoms with van der Waals surface area (Å²) >= 11 is 0. The number of hydrogen-bond donors (Lipinski definition) is 1. The zero-order valence-corrected chi connectivity index (χ0v) is 17.5. The van der Waals surface area contributed by atoms with E-state index in [0.717, 1.165) is 22.3 Å². The van der Waals surface area contributed by atoms with Crippen molar-refractivity contribution in [1.29, 1.82) is 0 Å². The summed E-state index contributed by atoms with van der Waals surface area (Å²) in [5, 5.41) is 9.46. The van der Waals surface area contributed by atoms with Crippen LogP contribution in [0, 0.1) is 0 Å². The number of hydrogen-bond acceptors (Lipinski definition) is 3.